The van der Waals surface area contributed by atoms with Gasteiger partial charge in [-0.15, -0.1) is 0 Å². The molecule has 4 fully saturated rings. The monoisotopic (exact) mass is 220 g/mol. The second-order valence-corrected chi connectivity index (χ2v) is 6.51. The average Bonchev–Trinajstić information content (AvgIpc) is 3.03. The van der Waals surface area contributed by atoms with Crippen molar-refractivity contribution in [2.24, 2.45) is 41.4 Å². The standard InChI is InChI=1S/C14H20O2/c1-16-14(15)11-6-9-5-10(11)13-8-3-2-7(4-8)12(9)13/h7-13H,2-6H2,1H3/t7?,8?,9?,10-,11?,12?,13?/m1/s1. The van der Waals surface area contributed by atoms with E-state index in [1.807, 2.05) is 0 Å². The number of rotatable bonds is 1. The molecule has 0 N–H and O–H groups in total. The van der Waals surface area contributed by atoms with Crippen LogP contribution in [0.4, 0.5) is 0 Å². The summed E-state index contributed by atoms with van der Waals surface area (Å²) in [6.07, 6.45) is 6.89. The first-order valence-corrected chi connectivity index (χ1v) is 6.87. The molecule has 2 heteroatoms. The summed E-state index contributed by atoms with van der Waals surface area (Å²) in [5.74, 6) is 5.81. The highest BCUT2D eigenvalue weighted by molar-refractivity contribution is 5.73. The van der Waals surface area contributed by atoms with Crippen LogP contribution in [0.1, 0.15) is 32.1 Å². The van der Waals surface area contributed by atoms with E-state index in [1.165, 1.54) is 25.7 Å². The van der Waals surface area contributed by atoms with E-state index in [0.717, 1.165) is 36.0 Å². The molecule has 16 heavy (non-hydrogen) atoms. The van der Waals surface area contributed by atoms with Crippen LogP contribution in [0.5, 0.6) is 0 Å². The van der Waals surface area contributed by atoms with Crippen molar-refractivity contribution in [1.29, 1.82) is 0 Å². The van der Waals surface area contributed by atoms with Gasteiger partial charge in [-0.2, -0.15) is 0 Å². The van der Waals surface area contributed by atoms with Gasteiger partial charge >= 0.3 is 5.97 Å². The highest BCUT2D eigenvalue weighted by Gasteiger charge is 2.63. The van der Waals surface area contributed by atoms with Gasteiger partial charge in [0.1, 0.15) is 0 Å². The van der Waals surface area contributed by atoms with Crippen LogP contribution in [-0.2, 0) is 9.53 Å². The Bertz CT molecular complexity index is 338. The Morgan fingerprint density at radius 2 is 1.75 bits per heavy atom. The predicted molar refractivity (Wildman–Crippen MR) is 59.5 cm³/mol. The lowest BCUT2D eigenvalue weighted by molar-refractivity contribution is -0.149. The van der Waals surface area contributed by atoms with Crippen LogP contribution in [0.2, 0.25) is 0 Å². The van der Waals surface area contributed by atoms with Gasteiger partial charge in [-0.1, -0.05) is 0 Å². The minimum absolute atomic E-state index is 0.0775. The molecule has 6 unspecified atom stereocenters. The SMILES string of the molecule is COC(=O)C1CC2C[C@H]1C1C3CCC(C3)C21. The number of hydrogen-bond acceptors (Lipinski definition) is 2. The molecule has 0 aromatic rings. The topological polar surface area (TPSA) is 26.3 Å². The Kier molecular flexibility index (Phi) is 1.79. The molecule has 4 aliphatic rings. The summed E-state index contributed by atoms with van der Waals surface area (Å²) in [7, 11) is 1.55. The van der Waals surface area contributed by atoms with Gasteiger partial charge in [0.15, 0.2) is 0 Å². The van der Waals surface area contributed by atoms with Crippen molar-refractivity contribution in [3.63, 3.8) is 0 Å². The third-order valence-corrected chi connectivity index (χ3v) is 6.24. The van der Waals surface area contributed by atoms with Gasteiger partial charge in [0, 0.05) is 0 Å². The van der Waals surface area contributed by atoms with E-state index in [-0.39, 0.29) is 11.9 Å². The molecule has 88 valence electrons. The maximum absolute atomic E-state index is 11.8. The number of methoxy groups -OCH3 is 1. The number of carbonyl (C=O) groups is 1. The maximum atomic E-state index is 11.8. The van der Waals surface area contributed by atoms with E-state index in [9.17, 15) is 4.79 Å². The van der Waals surface area contributed by atoms with Crippen molar-refractivity contribution >= 4 is 5.97 Å². The fourth-order valence-corrected chi connectivity index (χ4v) is 5.99. The first-order chi connectivity index (χ1) is 7.79. The van der Waals surface area contributed by atoms with Crippen molar-refractivity contribution in [1.82, 2.24) is 0 Å². The minimum atomic E-state index is 0.0775. The summed E-state index contributed by atoms with van der Waals surface area (Å²) < 4.78 is 4.98. The molecule has 0 amide bonds. The highest BCUT2D eigenvalue weighted by Crippen LogP contribution is 2.68. The van der Waals surface area contributed by atoms with E-state index in [0.29, 0.717) is 5.92 Å². The Hall–Kier alpha value is -0.530. The quantitative estimate of drug-likeness (QED) is 0.501. The summed E-state index contributed by atoms with van der Waals surface area (Å²) in [5, 5.41) is 0. The molecular weight excluding hydrogens is 200 g/mol. The molecule has 4 aliphatic carbocycles. The third-order valence-electron chi connectivity index (χ3n) is 6.24. The molecular formula is C14H20O2. The van der Waals surface area contributed by atoms with E-state index in [4.69, 9.17) is 4.74 Å². The van der Waals surface area contributed by atoms with Crippen LogP contribution < -0.4 is 0 Å². The summed E-state index contributed by atoms with van der Waals surface area (Å²) in [6, 6.07) is 0. The second kappa shape index (κ2) is 3.02. The largest absolute Gasteiger partial charge is 0.469 e. The molecule has 0 spiro atoms. The first kappa shape index (κ1) is 9.49. The lowest BCUT2D eigenvalue weighted by Crippen LogP contribution is -2.36. The molecule has 4 rings (SSSR count). The summed E-state index contributed by atoms with van der Waals surface area (Å²) in [6.45, 7) is 0. The lowest BCUT2D eigenvalue weighted by Gasteiger charge is -2.37. The summed E-state index contributed by atoms with van der Waals surface area (Å²) in [4.78, 5) is 11.8. The van der Waals surface area contributed by atoms with Crippen molar-refractivity contribution in [3.8, 4) is 0 Å². The zero-order valence-electron chi connectivity index (χ0n) is 9.89. The van der Waals surface area contributed by atoms with E-state index < -0.39 is 0 Å². The Morgan fingerprint density at radius 3 is 2.50 bits per heavy atom. The van der Waals surface area contributed by atoms with Gasteiger partial charge in [-0.05, 0) is 67.6 Å². The Morgan fingerprint density at radius 1 is 1.00 bits per heavy atom. The van der Waals surface area contributed by atoms with E-state index >= 15 is 0 Å². The molecule has 7 atom stereocenters. The number of carbonyl (C=O) groups excluding carboxylic acids is 1. The van der Waals surface area contributed by atoms with Crippen molar-refractivity contribution in [3.05, 3.63) is 0 Å². The zero-order chi connectivity index (χ0) is 10.9. The van der Waals surface area contributed by atoms with Gasteiger partial charge in [-0.3, -0.25) is 4.79 Å². The highest BCUT2D eigenvalue weighted by atomic mass is 16.5. The molecule has 0 radical (unpaired) electrons. The van der Waals surface area contributed by atoms with Gasteiger partial charge in [0.2, 0.25) is 0 Å². The zero-order valence-corrected chi connectivity index (χ0v) is 9.89. The molecule has 0 aromatic heterocycles. The Labute approximate surface area is 96.7 Å². The van der Waals surface area contributed by atoms with Crippen LogP contribution >= 0.6 is 0 Å². The third kappa shape index (κ3) is 0.970. The summed E-state index contributed by atoms with van der Waals surface area (Å²) in [5.41, 5.74) is 0. The van der Waals surface area contributed by atoms with E-state index in [2.05, 4.69) is 0 Å². The second-order valence-electron chi connectivity index (χ2n) is 6.51. The molecule has 0 heterocycles. The molecule has 0 aromatic carbocycles. The van der Waals surface area contributed by atoms with Crippen molar-refractivity contribution in [2.45, 2.75) is 32.1 Å². The number of ether oxygens (including phenoxy) is 1. The average molecular weight is 220 g/mol. The normalized spacial score (nSPS) is 56.7. The lowest BCUT2D eigenvalue weighted by atomic mass is 9.67. The summed E-state index contributed by atoms with van der Waals surface area (Å²) >= 11 is 0. The minimum Gasteiger partial charge on any atom is -0.469 e. The number of fused-ring (bicyclic) bond motifs is 9. The smallest absolute Gasteiger partial charge is 0.308 e. The predicted octanol–water partition coefficient (Wildman–Crippen LogP) is 2.48. The van der Waals surface area contributed by atoms with Gasteiger partial charge in [-0.25, -0.2) is 0 Å². The van der Waals surface area contributed by atoms with Crippen LogP contribution in [0.15, 0.2) is 0 Å². The molecule has 0 aliphatic heterocycles. The van der Waals surface area contributed by atoms with Gasteiger partial charge in [0.25, 0.3) is 0 Å². The Balaban J connectivity index is 1.63. The molecule has 4 bridgehead atoms. The van der Waals surface area contributed by atoms with Gasteiger partial charge < -0.3 is 4.74 Å². The van der Waals surface area contributed by atoms with Gasteiger partial charge in [0.05, 0.1) is 13.0 Å². The van der Waals surface area contributed by atoms with Crippen LogP contribution in [-0.4, -0.2) is 13.1 Å². The molecule has 2 nitrogen and oxygen atoms in total. The van der Waals surface area contributed by atoms with Crippen molar-refractivity contribution in [2.75, 3.05) is 7.11 Å². The number of hydrogen-bond donors (Lipinski definition) is 0. The number of esters is 1. The van der Waals surface area contributed by atoms with Crippen molar-refractivity contribution < 1.29 is 9.53 Å². The van der Waals surface area contributed by atoms with Crippen LogP contribution in [0.25, 0.3) is 0 Å². The fourth-order valence-electron chi connectivity index (χ4n) is 5.99. The molecule has 4 saturated carbocycles. The first-order valence-electron chi connectivity index (χ1n) is 6.87. The van der Waals surface area contributed by atoms with Crippen LogP contribution in [0, 0.1) is 41.4 Å². The fraction of sp³-hybridized carbons (Fsp3) is 0.929. The maximum Gasteiger partial charge on any atom is 0.308 e. The molecule has 0 saturated heterocycles. The van der Waals surface area contributed by atoms with E-state index in [1.54, 1.807) is 7.11 Å². The van der Waals surface area contributed by atoms with Crippen LogP contribution in [0.3, 0.4) is 0 Å².